The number of hydrogen-bond donors (Lipinski definition) is 2. The first-order valence-corrected chi connectivity index (χ1v) is 9.78. The molecule has 3 aromatic carbocycles. The van der Waals surface area contributed by atoms with Gasteiger partial charge in [0.1, 0.15) is 11.8 Å². The molecule has 0 aliphatic rings. The van der Waals surface area contributed by atoms with Crippen LogP contribution in [0.15, 0.2) is 91.0 Å². The van der Waals surface area contributed by atoms with E-state index in [0.29, 0.717) is 17.9 Å². The van der Waals surface area contributed by atoms with Crippen LogP contribution in [0.25, 0.3) is 6.08 Å². The number of carbonyl (C=O) groups excluding carboxylic acids is 2. The van der Waals surface area contributed by atoms with Crippen LogP contribution in [0.1, 0.15) is 24.1 Å². The number of carbonyl (C=O) groups is 2. The van der Waals surface area contributed by atoms with Crippen LogP contribution < -0.4 is 15.4 Å². The van der Waals surface area contributed by atoms with Gasteiger partial charge in [-0.15, -0.1) is 0 Å². The summed E-state index contributed by atoms with van der Waals surface area (Å²) in [5.74, 6) is 0.108. The molecule has 1 unspecified atom stereocenters. The lowest BCUT2D eigenvalue weighted by Gasteiger charge is -2.18. The molecule has 0 aliphatic carbocycles. The first kappa shape index (κ1) is 20.9. The Morgan fingerprint density at radius 1 is 0.900 bits per heavy atom. The monoisotopic (exact) mass is 400 g/mol. The van der Waals surface area contributed by atoms with E-state index in [1.54, 1.807) is 18.2 Å². The molecule has 3 aromatic rings. The van der Waals surface area contributed by atoms with Crippen LogP contribution in [0, 0.1) is 0 Å². The fourth-order valence-corrected chi connectivity index (χ4v) is 2.89. The van der Waals surface area contributed by atoms with Crippen molar-refractivity contribution in [2.75, 3.05) is 11.9 Å². The molecule has 5 heteroatoms. The Hall–Kier alpha value is -3.86. The quantitative estimate of drug-likeness (QED) is 0.543. The third-order valence-electron chi connectivity index (χ3n) is 4.34. The molecule has 0 bridgehead atoms. The van der Waals surface area contributed by atoms with E-state index >= 15 is 0 Å². The average Bonchev–Trinajstić information content (AvgIpc) is 2.78. The molecule has 152 valence electrons. The Morgan fingerprint density at radius 2 is 1.53 bits per heavy atom. The highest BCUT2D eigenvalue weighted by Crippen LogP contribution is 2.17. The molecular formula is C25H24N2O3. The van der Waals surface area contributed by atoms with Crippen molar-refractivity contribution in [3.05, 3.63) is 102 Å². The molecule has 0 heterocycles. The van der Waals surface area contributed by atoms with Gasteiger partial charge in [0.25, 0.3) is 5.91 Å². The highest BCUT2D eigenvalue weighted by Gasteiger charge is 2.22. The van der Waals surface area contributed by atoms with Crippen LogP contribution >= 0.6 is 0 Å². The van der Waals surface area contributed by atoms with Crippen LogP contribution in [-0.4, -0.2) is 18.4 Å². The normalized spacial score (nSPS) is 11.6. The number of para-hydroxylation sites is 1. The van der Waals surface area contributed by atoms with Gasteiger partial charge in [0.05, 0.1) is 6.61 Å². The largest absolute Gasteiger partial charge is 0.494 e. The van der Waals surface area contributed by atoms with Crippen molar-refractivity contribution in [3.63, 3.8) is 0 Å². The predicted molar refractivity (Wildman–Crippen MR) is 119 cm³/mol. The summed E-state index contributed by atoms with van der Waals surface area (Å²) in [7, 11) is 0. The molecular weight excluding hydrogens is 376 g/mol. The van der Waals surface area contributed by atoms with Crippen molar-refractivity contribution >= 4 is 23.6 Å². The lowest BCUT2D eigenvalue weighted by Crippen LogP contribution is -2.36. The zero-order valence-corrected chi connectivity index (χ0v) is 16.7. The van der Waals surface area contributed by atoms with Crippen LogP contribution in [0.5, 0.6) is 5.75 Å². The highest BCUT2D eigenvalue weighted by molar-refractivity contribution is 6.00. The standard InChI is InChI=1S/C25H24N2O3/c1-2-30-22-16-13-19(14-17-22)15-18-23(28)27-24(20-9-5-3-6-10-20)25(29)26-21-11-7-4-8-12-21/h3-18,24H,2H2,1H3,(H,26,29)(H,27,28)/b18-15+. The minimum absolute atomic E-state index is 0.310. The van der Waals surface area contributed by atoms with Crippen molar-refractivity contribution < 1.29 is 14.3 Å². The van der Waals surface area contributed by atoms with Gasteiger partial charge in [0, 0.05) is 11.8 Å². The SMILES string of the molecule is CCOc1ccc(/C=C/C(=O)NC(C(=O)Nc2ccccc2)c2ccccc2)cc1. The second kappa shape index (κ2) is 10.6. The van der Waals surface area contributed by atoms with E-state index in [2.05, 4.69) is 10.6 Å². The van der Waals surface area contributed by atoms with Gasteiger partial charge in [-0.25, -0.2) is 0 Å². The number of rotatable bonds is 8. The number of amides is 2. The maximum absolute atomic E-state index is 12.9. The van der Waals surface area contributed by atoms with Crippen molar-refractivity contribution in [3.8, 4) is 5.75 Å². The van der Waals surface area contributed by atoms with Gasteiger partial charge in [-0.1, -0.05) is 60.7 Å². The van der Waals surface area contributed by atoms with E-state index in [1.807, 2.05) is 79.7 Å². The molecule has 0 aliphatic heterocycles. The summed E-state index contributed by atoms with van der Waals surface area (Å²) in [6, 6.07) is 24.9. The van der Waals surface area contributed by atoms with Crippen molar-refractivity contribution in [2.24, 2.45) is 0 Å². The van der Waals surface area contributed by atoms with E-state index in [-0.39, 0.29) is 11.8 Å². The van der Waals surface area contributed by atoms with E-state index in [4.69, 9.17) is 4.74 Å². The molecule has 0 saturated carbocycles. The van der Waals surface area contributed by atoms with E-state index in [1.165, 1.54) is 6.08 Å². The second-order valence-corrected chi connectivity index (χ2v) is 6.54. The van der Waals surface area contributed by atoms with E-state index in [0.717, 1.165) is 11.3 Å². The van der Waals surface area contributed by atoms with Crippen LogP contribution in [-0.2, 0) is 9.59 Å². The summed E-state index contributed by atoms with van der Waals surface area (Å²) >= 11 is 0. The molecule has 0 spiro atoms. The molecule has 1 atom stereocenters. The number of hydrogen-bond acceptors (Lipinski definition) is 3. The molecule has 0 radical (unpaired) electrons. The summed E-state index contributed by atoms with van der Waals surface area (Å²) in [5, 5.41) is 5.64. The smallest absolute Gasteiger partial charge is 0.251 e. The Morgan fingerprint density at radius 3 is 2.17 bits per heavy atom. The maximum Gasteiger partial charge on any atom is 0.251 e. The van der Waals surface area contributed by atoms with Crippen molar-refractivity contribution in [1.82, 2.24) is 5.32 Å². The topological polar surface area (TPSA) is 67.4 Å². The first-order chi connectivity index (χ1) is 14.7. The second-order valence-electron chi connectivity index (χ2n) is 6.54. The van der Waals surface area contributed by atoms with Crippen LogP contribution in [0.3, 0.4) is 0 Å². The maximum atomic E-state index is 12.9. The predicted octanol–water partition coefficient (Wildman–Crippen LogP) is 4.59. The molecule has 3 rings (SSSR count). The van der Waals surface area contributed by atoms with Gasteiger partial charge >= 0.3 is 0 Å². The lowest BCUT2D eigenvalue weighted by atomic mass is 10.1. The van der Waals surface area contributed by atoms with Gasteiger partial charge in [-0.05, 0) is 48.4 Å². The Balaban J connectivity index is 1.70. The third-order valence-corrected chi connectivity index (χ3v) is 4.34. The number of ether oxygens (including phenoxy) is 1. The zero-order chi connectivity index (χ0) is 21.2. The molecule has 5 nitrogen and oxygen atoms in total. The molecule has 2 N–H and O–H groups in total. The fraction of sp³-hybridized carbons (Fsp3) is 0.120. The Bertz CT molecular complexity index is 984. The minimum Gasteiger partial charge on any atom is -0.494 e. The third kappa shape index (κ3) is 6.07. The Labute approximate surface area is 176 Å². The zero-order valence-electron chi connectivity index (χ0n) is 16.7. The number of benzene rings is 3. The minimum atomic E-state index is -0.816. The van der Waals surface area contributed by atoms with Crippen molar-refractivity contribution in [2.45, 2.75) is 13.0 Å². The summed E-state index contributed by atoms with van der Waals surface area (Å²) in [6.07, 6.45) is 3.11. The fourth-order valence-electron chi connectivity index (χ4n) is 2.89. The molecule has 30 heavy (non-hydrogen) atoms. The van der Waals surface area contributed by atoms with Crippen molar-refractivity contribution in [1.29, 1.82) is 0 Å². The van der Waals surface area contributed by atoms with Crippen LogP contribution in [0.4, 0.5) is 5.69 Å². The van der Waals surface area contributed by atoms with E-state index in [9.17, 15) is 9.59 Å². The van der Waals surface area contributed by atoms with Crippen LogP contribution in [0.2, 0.25) is 0 Å². The number of anilines is 1. The molecule has 0 aromatic heterocycles. The van der Waals surface area contributed by atoms with E-state index < -0.39 is 6.04 Å². The summed E-state index contributed by atoms with van der Waals surface area (Å²) in [6.45, 7) is 2.53. The van der Waals surface area contributed by atoms with Gasteiger partial charge in [0.2, 0.25) is 5.91 Å². The number of nitrogens with one attached hydrogen (secondary N) is 2. The summed E-state index contributed by atoms with van der Waals surface area (Å²) in [5.41, 5.74) is 2.23. The first-order valence-electron chi connectivity index (χ1n) is 9.78. The van der Waals surface area contributed by atoms with Gasteiger partial charge in [0.15, 0.2) is 0 Å². The average molecular weight is 400 g/mol. The Kier molecular flexibility index (Phi) is 7.39. The lowest BCUT2D eigenvalue weighted by molar-refractivity contribution is -0.123. The summed E-state index contributed by atoms with van der Waals surface area (Å²) in [4.78, 5) is 25.4. The highest BCUT2D eigenvalue weighted by atomic mass is 16.5. The van der Waals surface area contributed by atoms with Gasteiger partial charge < -0.3 is 15.4 Å². The molecule has 2 amide bonds. The van der Waals surface area contributed by atoms with Gasteiger partial charge in [-0.3, -0.25) is 9.59 Å². The molecule has 0 fully saturated rings. The van der Waals surface area contributed by atoms with Gasteiger partial charge in [-0.2, -0.15) is 0 Å². The summed E-state index contributed by atoms with van der Waals surface area (Å²) < 4.78 is 5.42. The molecule has 0 saturated heterocycles.